The number of nitrogens with one attached hydrogen (secondary N) is 3. The lowest BCUT2D eigenvalue weighted by Crippen LogP contribution is -2.41. The van der Waals surface area contributed by atoms with Gasteiger partial charge in [-0.05, 0) is 48.6 Å². The number of guanidine groups is 1. The van der Waals surface area contributed by atoms with E-state index in [0.717, 1.165) is 11.1 Å². The average Bonchev–Trinajstić information content (AvgIpc) is 2.71. The minimum absolute atomic E-state index is 0.218. The second kappa shape index (κ2) is 11.8. The van der Waals surface area contributed by atoms with Crippen molar-refractivity contribution >= 4 is 27.7 Å². The van der Waals surface area contributed by atoms with Crippen molar-refractivity contribution in [3.63, 3.8) is 0 Å². The van der Waals surface area contributed by atoms with E-state index in [1.165, 1.54) is 6.07 Å². The first-order chi connectivity index (χ1) is 14.0. The fourth-order valence-corrected chi connectivity index (χ4v) is 4.23. The summed E-state index contributed by atoms with van der Waals surface area (Å²) in [7, 11) is -3.53. The van der Waals surface area contributed by atoms with Crippen molar-refractivity contribution in [3.05, 3.63) is 65.5 Å². The molecule has 0 heterocycles. The van der Waals surface area contributed by atoms with Crippen molar-refractivity contribution in [2.45, 2.75) is 24.1 Å². The van der Waals surface area contributed by atoms with Gasteiger partial charge in [-0.3, -0.25) is 0 Å². The van der Waals surface area contributed by atoms with E-state index in [-0.39, 0.29) is 17.3 Å². The Bertz CT molecular complexity index is 906. The highest BCUT2D eigenvalue weighted by molar-refractivity contribution is 7.97. The van der Waals surface area contributed by atoms with Gasteiger partial charge in [-0.15, -0.1) is 0 Å². The van der Waals surface area contributed by atoms with Crippen LogP contribution in [0.1, 0.15) is 18.1 Å². The van der Waals surface area contributed by atoms with Gasteiger partial charge >= 0.3 is 0 Å². The predicted octanol–water partition coefficient (Wildman–Crippen LogP) is 2.72. The van der Waals surface area contributed by atoms with Crippen LogP contribution in [0.2, 0.25) is 0 Å². The molecule has 2 aromatic rings. The van der Waals surface area contributed by atoms with E-state index in [1.807, 2.05) is 13.2 Å². The van der Waals surface area contributed by atoms with E-state index >= 15 is 0 Å². The molecule has 0 unspecified atom stereocenters. The van der Waals surface area contributed by atoms with Gasteiger partial charge in [0.1, 0.15) is 5.82 Å². The largest absolute Gasteiger partial charge is 0.357 e. The molecule has 0 saturated carbocycles. The lowest BCUT2D eigenvalue weighted by molar-refractivity contribution is 0.580. The molecule has 6 nitrogen and oxygen atoms in total. The molecule has 0 radical (unpaired) electrons. The maximum Gasteiger partial charge on any atom is 0.240 e. The summed E-state index contributed by atoms with van der Waals surface area (Å²) >= 11 is 1.63. The van der Waals surface area contributed by atoms with Crippen molar-refractivity contribution in [1.82, 2.24) is 15.4 Å². The number of nitrogens with zero attached hydrogens (tertiary/aromatic N) is 1. The summed E-state index contributed by atoms with van der Waals surface area (Å²) in [6, 6.07) is 13.0. The van der Waals surface area contributed by atoms with Crippen molar-refractivity contribution in [1.29, 1.82) is 0 Å². The number of benzene rings is 2. The quantitative estimate of drug-likeness (QED) is 0.302. The Morgan fingerprint density at radius 1 is 1.07 bits per heavy atom. The summed E-state index contributed by atoms with van der Waals surface area (Å²) in [5.41, 5.74) is 1.88. The van der Waals surface area contributed by atoms with Crippen molar-refractivity contribution < 1.29 is 12.8 Å². The fraction of sp³-hybridized carbons (Fsp3) is 0.350. The highest BCUT2D eigenvalue weighted by atomic mass is 32.2. The fourth-order valence-electron chi connectivity index (χ4n) is 2.59. The Morgan fingerprint density at radius 2 is 1.83 bits per heavy atom. The Balaban J connectivity index is 1.93. The molecule has 0 saturated heterocycles. The molecule has 0 spiro atoms. The third kappa shape index (κ3) is 7.68. The Morgan fingerprint density at radius 3 is 2.52 bits per heavy atom. The molecular weight excluding hydrogens is 411 g/mol. The summed E-state index contributed by atoms with van der Waals surface area (Å²) in [5.74, 6) is 1.04. The Kier molecular flexibility index (Phi) is 9.43. The number of thioether (sulfide) groups is 1. The van der Waals surface area contributed by atoms with Crippen LogP contribution in [-0.2, 0) is 22.3 Å². The normalized spacial score (nSPS) is 12.0. The first-order valence-electron chi connectivity index (χ1n) is 9.29. The third-order valence-corrected chi connectivity index (χ3v) is 6.06. The minimum atomic E-state index is -3.53. The van der Waals surface area contributed by atoms with E-state index in [9.17, 15) is 12.8 Å². The summed E-state index contributed by atoms with van der Waals surface area (Å²) in [6.07, 6.45) is 1.97. The maximum absolute atomic E-state index is 13.5. The van der Waals surface area contributed by atoms with Gasteiger partial charge < -0.3 is 10.6 Å². The van der Waals surface area contributed by atoms with Gasteiger partial charge in [0.25, 0.3) is 0 Å². The number of aliphatic imine (C=N–C) groups is 1. The maximum atomic E-state index is 13.5. The molecule has 3 N–H and O–H groups in total. The van der Waals surface area contributed by atoms with Crippen LogP contribution in [0.4, 0.5) is 4.39 Å². The Labute approximate surface area is 176 Å². The van der Waals surface area contributed by atoms with Gasteiger partial charge in [0, 0.05) is 25.4 Å². The number of sulfonamides is 1. The lowest BCUT2D eigenvalue weighted by atomic mass is 10.1. The van der Waals surface area contributed by atoms with Gasteiger partial charge in [0.15, 0.2) is 5.96 Å². The van der Waals surface area contributed by atoms with E-state index in [0.29, 0.717) is 31.3 Å². The van der Waals surface area contributed by atoms with Crippen molar-refractivity contribution in [3.8, 4) is 0 Å². The van der Waals surface area contributed by atoms with Gasteiger partial charge in [0.05, 0.1) is 11.4 Å². The molecule has 9 heteroatoms. The van der Waals surface area contributed by atoms with Crippen LogP contribution < -0.4 is 15.4 Å². The van der Waals surface area contributed by atoms with Crippen LogP contribution in [0.5, 0.6) is 0 Å². The second-order valence-electron chi connectivity index (χ2n) is 6.18. The van der Waals surface area contributed by atoms with Gasteiger partial charge in [-0.25, -0.2) is 22.5 Å². The molecule has 0 aliphatic rings. The van der Waals surface area contributed by atoms with Crippen LogP contribution in [-0.4, -0.2) is 40.3 Å². The number of hydrogen-bond acceptors (Lipinski definition) is 4. The van der Waals surface area contributed by atoms with E-state index in [4.69, 9.17) is 0 Å². The molecule has 0 amide bonds. The number of halogens is 1. The highest BCUT2D eigenvalue weighted by Gasteiger charge is 2.12. The Hall–Kier alpha value is -2.10. The zero-order chi connectivity index (χ0) is 21.1. The molecule has 0 atom stereocenters. The number of hydrogen-bond donors (Lipinski definition) is 3. The summed E-state index contributed by atoms with van der Waals surface area (Å²) in [6.45, 7) is 3.62. The topological polar surface area (TPSA) is 82.6 Å². The molecule has 0 fully saturated rings. The molecule has 2 aromatic carbocycles. The van der Waals surface area contributed by atoms with Gasteiger partial charge in [0.2, 0.25) is 10.0 Å². The lowest BCUT2D eigenvalue weighted by Gasteiger charge is -2.13. The first kappa shape index (κ1) is 23.2. The zero-order valence-electron chi connectivity index (χ0n) is 16.6. The van der Waals surface area contributed by atoms with Gasteiger partial charge in [-0.1, -0.05) is 24.3 Å². The zero-order valence-corrected chi connectivity index (χ0v) is 18.2. The molecule has 2 rings (SSSR count). The van der Waals surface area contributed by atoms with Crippen LogP contribution in [0, 0.1) is 5.82 Å². The molecule has 0 bridgehead atoms. The number of rotatable bonds is 10. The SMILES string of the molecule is CCNC(=NCc1ccc(F)cc1CSC)NCCNS(=O)(=O)c1ccccc1. The smallest absolute Gasteiger partial charge is 0.240 e. The summed E-state index contributed by atoms with van der Waals surface area (Å²) in [4.78, 5) is 4.77. The molecule has 158 valence electrons. The minimum Gasteiger partial charge on any atom is -0.357 e. The van der Waals surface area contributed by atoms with Crippen LogP contribution >= 0.6 is 11.8 Å². The molecule has 29 heavy (non-hydrogen) atoms. The second-order valence-corrected chi connectivity index (χ2v) is 8.81. The summed E-state index contributed by atoms with van der Waals surface area (Å²) in [5, 5.41) is 6.24. The van der Waals surface area contributed by atoms with Gasteiger partial charge in [-0.2, -0.15) is 11.8 Å². The third-order valence-electron chi connectivity index (χ3n) is 3.98. The molecule has 0 aromatic heterocycles. The van der Waals surface area contributed by atoms with Crippen LogP contribution in [0.15, 0.2) is 58.4 Å². The van der Waals surface area contributed by atoms with Crippen LogP contribution in [0.3, 0.4) is 0 Å². The first-order valence-corrected chi connectivity index (χ1v) is 12.2. The highest BCUT2D eigenvalue weighted by Crippen LogP contribution is 2.17. The van der Waals surface area contributed by atoms with Crippen LogP contribution in [0.25, 0.3) is 0 Å². The molecular formula is C20H27FN4O2S2. The van der Waals surface area contributed by atoms with E-state index < -0.39 is 10.0 Å². The van der Waals surface area contributed by atoms with E-state index in [1.54, 1.807) is 54.2 Å². The predicted molar refractivity (Wildman–Crippen MR) is 118 cm³/mol. The monoisotopic (exact) mass is 438 g/mol. The van der Waals surface area contributed by atoms with Crippen molar-refractivity contribution in [2.24, 2.45) is 4.99 Å². The standard InChI is InChI=1S/C20H27FN4O2S2/c1-3-22-20(24-14-16-9-10-18(21)13-17(16)15-28-2)23-11-12-25-29(26,27)19-7-5-4-6-8-19/h4-10,13,25H,3,11-12,14-15H2,1-2H3,(H2,22,23,24). The summed E-state index contributed by atoms with van der Waals surface area (Å²) < 4.78 is 40.5. The molecule has 0 aliphatic carbocycles. The van der Waals surface area contributed by atoms with Crippen molar-refractivity contribution in [2.75, 3.05) is 25.9 Å². The van der Waals surface area contributed by atoms with E-state index in [2.05, 4.69) is 20.3 Å². The molecule has 0 aliphatic heterocycles. The average molecular weight is 439 g/mol.